The molecule has 0 spiro atoms. The van der Waals surface area contributed by atoms with Crippen molar-refractivity contribution < 1.29 is 0 Å². The van der Waals surface area contributed by atoms with Gasteiger partial charge in [0.25, 0.3) is 0 Å². The molecule has 0 saturated carbocycles. The maximum atomic E-state index is 3.64. The lowest BCUT2D eigenvalue weighted by Crippen LogP contribution is -2.02. The van der Waals surface area contributed by atoms with Gasteiger partial charge in [-0.2, -0.15) is 0 Å². The average Bonchev–Trinajstić information content (AvgIpc) is 3.28. The molecule has 0 amide bonds. The molecule has 5 aromatic rings. The van der Waals surface area contributed by atoms with Gasteiger partial charge in [0.1, 0.15) is 0 Å². The van der Waals surface area contributed by atoms with Gasteiger partial charge in [-0.25, -0.2) is 0 Å². The van der Waals surface area contributed by atoms with Crippen LogP contribution < -0.4 is 0 Å². The fraction of sp³-hybridized carbons (Fsp3) is 0.0833. The van der Waals surface area contributed by atoms with Crippen LogP contribution >= 0.6 is 31.9 Å². The summed E-state index contributed by atoms with van der Waals surface area (Å²) in [6, 6.07) is 21.7. The summed E-state index contributed by atoms with van der Waals surface area (Å²) >= 11 is 7.28. The predicted octanol–water partition coefficient (Wildman–Crippen LogP) is 7.66. The Balaban J connectivity index is 1.81. The van der Waals surface area contributed by atoms with Crippen LogP contribution in [0.1, 0.15) is 28.2 Å². The zero-order chi connectivity index (χ0) is 19.3. The first-order chi connectivity index (χ1) is 13.6. The van der Waals surface area contributed by atoms with Gasteiger partial charge in [0, 0.05) is 49.1 Å². The second-order valence-corrected chi connectivity index (χ2v) is 9.04. The Hall–Kier alpha value is -2.30. The molecule has 0 fully saturated rings. The molecule has 0 saturated heterocycles. The van der Waals surface area contributed by atoms with Crippen LogP contribution in [0.3, 0.4) is 0 Å². The van der Waals surface area contributed by atoms with E-state index in [2.05, 4.69) is 122 Å². The van der Waals surface area contributed by atoms with E-state index in [1.807, 2.05) is 0 Å². The van der Waals surface area contributed by atoms with Crippen molar-refractivity contribution >= 4 is 53.7 Å². The lowest BCUT2D eigenvalue weighted by molar-refractivity contribution is 0.996. The number of H-pyrrole nitrogens is 2. The second kappa shape index (κ2) is 6.94. The Morgan fingerprint density at radius 1 is 0.679 bits per heavy atom. The molecule has 0 aliphatic rings. The van der Waals surface area contributed by atoms with Gasteiger partial charge in [-0.15, -0.1) is 0 Å². The van der Waals surface area contributed by atoms with Crippen LogP contribution in [0.4, 0.5) is 0 Å². The Kier molecular flexibility index (Phi) is 4.41. The van der Waals surface area contributed by atoms with Gasteiger partial charge in [-0.05, 0) is 60.0 Å². The third kappa shape index (κ3) is 3.01. The highest BCUT2D eigenvalue weighted by Gasteiger charge is 2.23. The quantitative estimate of drug-likeness (QED) is 0.258. The fourth-order valence-corrected chi connectivity index (χ4v) is 4.71. The highest BCUT2D eigenvalue weighted by Crippen LogP contribution is 2.40. The Labute approximate surface area is 180 Å². The zero-order valence-corrected chi connectivity index (χ0v) is 18.4. The van der Waals surface area contributed by atoms with Crippen molar-refractivity contribution in [1.29, 1.82) is 0 Å². The molecule has 0 aliphatic heterocycles. The number of aromatic amines is 2. The standard InChI is InChI=1S/C24H18Br2N2/c1-14-2-4-15(5-3-14)24(20-12-27-22-8-6-16(25)10-18(20)22)21-13-28-23-9-7-17(26)11-19(21)23/h2-13,24,27-28H,1H3. The van der Waals surface area contributed by atoms with E-state index < -0.39 is 0 Å². The minimum atomic E-state index is 0.131. The van der Waals surface area contributed by atoms with Crippen LogP contribution in [0, 0.1) is 6.92 Å². The minimum Gasteiger partial charge on any atom is -0.361 e. The van der Waals surface area contributed by atoms with Crippen LogP contribution in [-0.4, -0.2) is 9.97 Å². The van der Waals surface area contributed by atoms with Gasteiger partial charge >= 0.3 is 0 Å². The first-order valence-corrected chi connectivity index (χ1v) is 10.8. The summed E-state index contributed by atoms with van der Waals surface area (Å²) in [4.78, 5) is 6.92. The van der Waals surface area contributed by atoms with Gasteiger partial charge in [-0.1, -0.05) is 61.7 Å². The third-order valence-electron chi connectivity index (χ3n) is 5.38. The molecule has 5 rings (SSSR count). The maximum Gasteiger partial charge on any atom is 0.0457 e. The first kappa shape index (κ1) is 17.8. The highest BCUT2D eigenvalue weighted by atomic mass is 79.9. The lowest BCUT2D eigenvalue weighted by atomic mass is 9.84. The Bertz CT molecular complexity index is 1220. The minimum absolute atomic E-state index is 0.131. The number of halogens is 2. The van der Waals surface area contributed by atoms with Crippen LogP contribution in [0.25, 0.3) is 21.8 Å². The SMILES string of the molecule is Cc1ccc(C(c2c[nH]c3ccc(Br)cc23)c2c[nH]c3ccc(Br)cc23)cc1. The van der Waals surface area contributed by atoms with Crippen LogP contribution in [0.15, 0.2) is 82.0 Å². The summed E-state index contributed by atoms with van der Waals surface area (Å²) in [5, 5.41) is 2.48. The van der Waals surface area contributed by atoms with E-state index >= 15 is 0 Å². The molecule has 4 heteroatoms. The second-order valence-electron chi connectivity index (χ2n) is 7.21. The molecule has 28 heavy (non-hydrogen) atoms. The number of aryl methyl sites for hydroxylation is 1. The van der Waals surface area contributed by atoms with Crippen molar-refractivity contribution in [2.24, 2.45) is 0 Å². The molecule has 0 bridgehead atoms. The number of nitrogens with one attached hydrogen (secondary N) is 2. The molecule has 2 aromatic heterocycles. The van der Waals surface area contributed by atoms with Crippen LogP contribution in [-0.2, 0) is 0 Å². The summed E-state index contributed by atoms with van der Waals surface area (Å²) in [7, 11) is 0. The molecule has 2 N–H and O–H groups in total. The van der Waals surface area contributed by atoms with Gasteiger partial charge in [0.15, 0.2) is 0 Å². The summed E-state index contributed by atoms with van der Waals surface area (Å²) in [5.74, 6) is 0.131. The van der Waals surface area contributed by atoms with Gasteiger partial charge in [0.2, 0.25) is 0 Å². The molecule has 0 unspecified atom stereocenters. The first-order valence-electron chi connectivity index (χ1n) is 9.20. The Morgan fingerprint density at radius 3 is 1.68 bits per heavy atom. The zero-order valence-electron chi connectivity index (χ0n) is 15.3. The summed E-state index contributed by atoms with van der Waals surface area (Å²) < 4.78 is 2.18. The summed E-state index contributed by atoms with van der Waals surface area (Å²) in [6.07, 6.45) is 4.30. The van der Waals surface area contributed by atoms with Crippen LogP contribution in [0.2, 0.25) is 0 Å². The van der Waals surface area contributed by atoms with Crippen molar-refractivity contribution in [2.45, 2.75) is 12.8 Å². The van der Waals surface area contributed by atoms with Crippen molar-refractivity contribution in [1.82, 2.24) is 9.97 Å². The maximum absolute atomic E-state index is 3.64. The lowest BCUT2D eigenvalue weighted by Gasteiger charge is -2.18. The molecular weight excluding hydrogens is 476 g/mol. The van der Waals surface area contributed by atoms with Crippen molar-refractivity contribution in [3.8, 4) is 0 Å². The van der Waals surface area contributed by atoms with Crippen LogP contribution in [0.5, 0.6) is 0 Å². The number of benzene rings is 3. The molecule has 2 heterocycles. The number of rotatable bonds is 3. The van der Waals surface area contributed by atoms with Crippen molar-refractivity contribution in [3.63, 3.8) is 0 Å². The van der Waals surface area contributed by atoms with Crippen molar-refractivity contribution in [3.05, 3.63) is 104 Å². The molecule has 0 atom stereocenters. The van der Waals surface area contributed by atoms with E-state index in [0.717, 1.165) is 20.0 Å². The number of aromatic nitrogens is 2. The number of hydrogen-bond donors (Lipinski definition) is 2. The van der Waals surface area contributed by atoms with E-state index in [9.17, 15) is 0 Å². The van der Waals surface area contributed by atoms with E-state index in [1.54, 1.807) is 0 Å². The summed E-state index contributed by atoms with van der Waals surface area (Å²) in [6.45, 7) is 2.13. The van der Waals surface area contributed by atoms with E-state index in [1.165, 1.54) is 33.0 Å². The molecule has 3 aromatic carbocycles. The third-order valence-corrected chi connectivity index (χ3v) is 6.37. The fourth-order valence-electron chi connectivity index (χ4n) is 3.99. The Morgan fingerprint density at radius 2 is 1.18 bits per heavy atom. The van der Waals surface area contributed by atoms with E-state index in [4.69, 9.17) is 0 Å². The smallest absolute Gasteiger partial charge is 0.0457 e. The van der Waals surface area contributed by atoms with E-state index in [-0.39, 0.29) is 5.92 Å². The molecule has 2 nitrogen and oxygen atoms in total. The topological polar surface area (TPSA) is 31.6 Å². The largest absolute Gasteiger partial charge is 0.361 e. The molecule has 0 aliphatic carbocycles. The van der Waals surface area contributed by atoms with Gasteiger partial charge in [-0.3, -0.25) is 0 Å². The predicted molar refractivity (Wildman–Crippen MR) is 124 cm³/mol. The normalized spacial score (nSPS) is 11.7. The van der Waals surface area contributed by atoms with Gasteiger partial charge < -0.3 is 9.97 Å². The van der Waals surface area contributed by atoms with Crippen molar-refractivity contribution in [2.75, 3.05) is 0 Å². The number of fused-ring (bicyclic) bond motifs is 2. The molecule has 0 radical (unpaired) electrons. The van der Waals surface area contributed by atoms with E-state index in [0.29, 0.717) is 0 Å². The summed E-state index contributed by atoms with van der Waals surface area (Å²) in [5.41, 5.74) is 7.41. The molecule has 138 valence electrons. The highest BCUT2D eigenvalue weighted by molar-refractivity contribution is 9.10. The monoisotopic (exact) mass is 492 g/mol. The van der Waals surface area contributed by atoms with Gasteiger partial charge in [0.05, 0.1) is 0 Å². The average molecular weight is 494 g/mol. The number of hydrogen-bond acceptors (Lipinski definition) is 0. The molecular formula is C24H18Br2N2.